The van der Waals surface area contributed by atoms with Gasteiger partial charge in [0.25, 0.3) is 0 Å². The van der Waals surface area contributed by atoms with E-state index in [4.69, 9.17) is 0 Å². The predicted octanol–water partition coefficient (Wildman–Crippen LogP) is 2.62. The van der Waals surface area contributed by atoms with Gasteiger partial charge in [-0.15, -0.1) is 6.58 Å². The molecule has 1 nitrogen and oxygen atoms in total. The summed E-state index contributed by atoms with van der Waals surface area (Å²) in [6.07, 6.45) is 5.49. The van der Waals surface area contributed by atoms with E-state index in [2.05, 4.69) is 26.1 Å². The Morgan fingerprint density at radius 2 is 2.27 bits per heavy atom. The summed E-state index contributed by atoms with van der Waals surface area (Å²) >= 11 is 4.06. The first kappa shape index (κ1) is 10.8. The van der Waals surface area contributed by atoms with Gasteiger partial charge in [0, 0.05) is 6.42 Å². The number of Topliss-reactive ketones (excluding diaryl/α,β-unsaturated/α-hetero) is 1. The molecule has 1 atom stereocenters. The minimum atomic E-state index is -0.258. The van der Waals surface area contributed by atoms with Gasteiger partial charge in [0.1, 0.15) is 5.78 Å². The molecule has 11 heavy (non-hydrogen) atoms. The summed E-state index contributed by atoms with van der Waals surface area (Å²) in [4.78, 5) is 11.1. The van der Waals surface area contributed by atoms with E-state index in [1.165, 1.54) is 0 Å². The van der Waals surface area contributed by atoms with Crippen molar-refractivity contribution in [3.05, 3.63) is 12.7 Å². The van der Waals surface area contributed by atoms with Crippen LogP contribution in [0, 0.1) is 0 Å². The van der Waals surface area contributed by atoms with E-state index in [0.29, 0.717) is 6.42 Å². The molecule has 0 aromatic heterocycles. The summed E-state index contributed by atoms with van der Waals surface area (Å²) in [6.45, 7) is 5.63. The van der Waals surface area contributed by atoms with Crippen LogP contribution in [0.5, 0.6) is 0 Å². The highest BCUT2D eigenvalue weighted by Gasteiger charge is 2.07. The molecule has 0 aromatic carbocycles. The fourth-order valence-corrected chi connectivity index (χ4v) is 0.958. The predicted molar refractivity (Wildman–Crippen MR) is 52.1 cm³/mol. The molecule has 0 heterocycles. The fraction of sp³-hybridized carbons (Fsp3) is 0.667. The Morgan fingerprint density at radius 3 is 2.73 bits per heavy atom. The first-order valence-electron chi connectivity index (χ1n) is 4.05. The van der Waals surface area contributed by atoms with E-state index in [1.807, 2.05) is 0 Å². The van der Waals surface area contributed by atoms with Crippen molar-refractivity contribution in [2.45, 2.75) is 37.9 Å². The second kappa shape index (κ2) is 6.47. The van der Waals surface area contributed by atoms with E-state index in [0.717, 1.165) is 19.3 Å². The van der Waals surface area contributed by atoms with Crippen molar-refractivity contribution in [2.24, 2.45) is 0 Å². The Balaban J connectivity index is 3.44. The molecule has 0 fully saturated rings. The molecule has 0 aromatic rings. The fourth-order valence-electron chi connectivity index (χ4n) is 0.829. The molecule has 0 aliphatic rings. The maximum atomic E-state index is 11.1. The van der Waals surface area contributed by atoms with Crippen molar-refractivity contribution >= 4 is 18.4 Å². The standard InChI is InChI=1S/C9H16OS/c1-3-5-6-7-8(10)9(11)4-2/h4,9,11H,2-3,5-7H2,1H3. The summed E-state index contributed by atoms with van der Waals surface area (Å²) in [5.74, 6) is 0.191. The first-order valence-corrected chi connectivity index (χ1v) is 4.57. The molecule has 0 spiro atoms. The number of carbonyl (C=O) groups is 1. The molecular formula is C9H16OS. The number of hydrogen-bond acceptors (Lipinski definition) is 2. The van der Waals surface area contributed by atoms with Gasteiger partial charge in [-0.25, -0.2) is 0 Å². The largest absolute Gasteiger partial charge is 0.298 e. The topological polar surface area (TPSA) is 17.1 Å². The Bertz CT molecular complexity index is 132. The van der Waals surface area contributed by atoms with Gasteiger partial charge in [-0.3, -0.25) is 4.79 Å². The molecule has 64 valence electrons. The third-order valence-electron chi connectivity index (χ3n) is 1.58. The van der Waals surface area contributed by atoms with E-state index < -0.39 is 0 Å². The molecule has 0 bridgehead atoms. The van der Waals surface area contributed by atoms with Gasteiger partial charge in [-0.1, -0.05) is 25.8 Å². The van der Waals surface area contributed by atoms with E-state index >= 15 is 0 Å². The SMILES string of the molecule is C=CC(S)C(=O)CCCCC. The molecule has 0 N–H and O–H groups in total. The molecular weight excluding hydrogens is 156 g/mol. The molecule has 1 unspecified atom stereocenters. The van der Waals surface area contributed by atoms with Crippen LogP contribution in [0.3, 0.4) is 0 Å². The maximum Gasteiger partial charge on any atom is 0.149 e. The summed E-state index contributed by atoms with van der Waals surface area (Å²) in [5, 5.41) is -0.258. The third kappa shape index (κ3) is 5.08. The van der Waals surface area contributed by atoms with Gasteiger partial charge in [0.15, 0.2) is 0 Å². The van der Waals surface area contributed by atoms with Gasteiger partial charge in [-0.05, 0) is 6.42 Å². The molecule has 0 saturated heterocycles. The van der Waals surface area contributed by atoms with Gasteiger partial charge in [-0.2, -0.15) is 12.6 Å². The highest BCUT2D eigenvalue weighted by Crippen LogP contribution is 2.06. The van der Waals surface area contributed by atoms with Crippen LogP contribution in [-0.2, 0) is 4.79 Å². The van der Waals surface area contributed by atoms with Gasteiger partial charge < -0.3 is 0 Å². The molecule has 2 heteroatoms. The van der Waals surface area contributed by atoms with Gasteiger partial charge in [0.05, 0.1) is 5.25 Å². The third-order valence-corrected chi connectivity index (χ3v) is 2.08. The lowest BCUT2D eigenvalue weighted by Gasteiger charge is -2.02. The smallest absolute Gasteiger partial charge is 0.149 e. The minimum absolute atomic E-state index is 0.191. The Morgan fingerprint density at radius 1 is 1.64 bits per heavy atom. The highest BCUT2D eigenvalue weighted by molar-refractivity contribution is 7.82. The Hall–Kier alpha value is -0.240. The Kier molecular flexibility index (Phi) is 6.33. The van der Waals surface area contributed by atoms with E-state index in [1.54, 1.807) is 6.08 Å². The zero-order valence-corrected chi connectivity index (χ0v) is 7.94. The summed E-state index contributed by atoms with van der Waals surface area (Å²) in [6, 6.07) is 0. The van der Waals surface area contributed by atoms with Crippen molar-refractivity contribution < 1.29 is 4.79 Å². The van der Waals surface area contributed by atoms with Crippen LogP contribution in [0.2, 0.25) is 0 Å². The van der Waals surface area contributed by atoms with Crippen molar-refractivity contribution in [3.63, 3.8) is 0 Å². The van der Waals surface area contributed by atoms with Crippen LogP contribution < -0.4 is 0 Å². The second-order valence-electron chi connectivity index (χ2n) is 2.60. The maximum absolute atomic E-state index is 11.1. The lowest BCUT2D eigenvalue weighted by atomic mass is 10.1. The molecule has 0 amide bonds. The summed E-state index contributed by atoms with van der Waals surface area (Å²) in [7, 11) is 0. The molecule has 0 radical (unpaired) electrons. The highest BCUT2D eigenvalue weighted by atomic mass is 32.1. The Labute approximate surface area is 74.3 Å². The lowest BCUT2D eigenvalue weighted by Crippen LogP contribution is -2.10. The van der Waals surface area contributed by atoms with Crippen molar-refractivity contribution in [1.82, 2.24) is 0 Å². The quantitative estimate of drug-likeness (QED) is 0.370. The van der Waals surface area contributed by atoms with Crippen LogP contribution in [0.15, 0.2) is 12.7 Å². The van der Waals surface area contributed by atoms with E-state index in [-0.39, 0.29) is 11.0 Å². The van der Waals surface area contributed by atoms with Crippen molar-refractivity contribution in [3.8, 4) is 0 Å². The molecule has 0 rings (SSSR count). The molecule has 0 aliphatic heterocycles. The zero-order chi connectivity index (χ0) is 8.69. The van der Waals surface area contributed by atoms with Crippen LogP contribution in [0.4, 0.5) is 0 Å². The van der Waals surface area contributed by atoms with Gasteiger partial charge >= 0.3 is 0 Å². The monoisotopic (exact) mass is 172 g/mol. The average molecular weight is 172 g/mol. The van der Waals surface area contributed by atoms with Crippen LogP contribution in [-0.4, -0.2) is 11.0 Å². The number of carbonyl (C=O) groups excluding carboxylic acids is 1. The lowest BCUT2D eigenvalue weighted by molar-refractivity contribution is -0.117. The average Bonchev–Trinajstić information content (AvgIpc) is 2.03. The van der Waals surface area contributed by atoms with Crippen LogP contribution >= 0.6 is 12.6 Å². The van der Waals surface area contributed by atoms with E-state index in [9.17, 15) is 4.79 Å². The summed E-state index contributed by atoms with van der Waals surface area (Å²) < 4.78 is 0. The molecule has 0 saturated carbocycles. The molecule has 0 aliphatic carbocycles. The number of unbranched alkanes of at least 4 members (excludes halogenated alkanes) is 2. The number of rotatable bonds is 6. The van der Waals surface area contributed by atoms with Crippen LogP contribution in [0.1, 0.15) is 32.6 Å². The number of thiol groups is 1. The summed E-state index contributed by atoms with van der Waals surface area (Å²) in [5.41, 5.74) is 0. The van der Waals surface area contributed by atoms with Crippen molar-refractivity contribution in [2.75, 3.05) is 0 Å². The van der Waals surface area contributed by atoms with Gasteiger partial charge in [0.2, 0.25) is 0 Å². The first-order chi connectivity index (χ1) is 5.22. The van der Waals surface area contributed by atoms with Crippen molar-refractivity contribution in [1.29, 1.82) is 0 Å². The number of hydrogen-bond donors (Lipinski definition) is 1. The zero-order valence-electron chi connectivity index (χ0n) is 7.05. The second-order valence-corrected chi connectivity index (χ2v) is 3.16. The van der Waals surface area contributed by atoms with Crippen LogP contribution in [0.25, 0.3) is 0 Å². The normalized spacial score (nSPS) is 12.5. The minimum Gasteiger partial charge on any atom is -0.298 e. The number of ketones is 1.